The fourth-order valence-corrected chi connectivity index (χ4v) is 3.46. The maximum Gasteiger partial charge on any atom is 0.322 e. The van der Waals surface area contributed by atoms with Crippen molar-refractivity contribution in [2.24, 2.45) is 0 Å². The molecule has 3 aromatic rings. The SMILES string of the molecule is CCCN(CC(=O)Nc1cc(C(C)(C)C)nn1-c1ccccc1Cl)C(=O)Nc1ccccc1. The third-order valence-electron chi connectivity index (χ3n) is 4.97. The summed E-state index contributed by atoms with van der Waals surface area (Å²) in [5.41, 5.74) is 1.92. The summed E-state index contributed by atoms with van der Waals surface area (Å²) in [6, 6.07) is 18.0. The molecule has 1 aromatic heterocycles. The van der Waals surface area contributed by atoms with Crippen LogP contribution in [0.4, 0.5) is 16.3 Å². The standard InChI is InChI=1S/C25H30ClN5O2/c1-5-15-30(24(33)27-18-11-7-6-8-12-18)17-23(32)28-22-16-21(25(2,3)4)29-31(22)20-14-10-9-13-19(20)26/h6-14,16H,5,15,17H2,1-4H3,(H,27,33)(H,28,32). The highest BCUT2D eigenvalue weighted by Gasteiger charge is 2.23. The predicted molar refractivity (Wildman–Crippen MR) is 133 cm³/mol. The van der Waals surface area contributed by atoms with Gasteiger partial charge in [-0.2, -0.15) is 5.10 Å². The summed E-state index contributed by atoms with van der Waals surface area (Å²) >= 11 is 6.40. The molecule has 0 fully saturated rings. The minimum atomic E-state index is -0.326. The van der Waals surface area contributed by atoms with Gasteiger partial charge in [-0.25, -0.2) is 9.48 Å². The highest BCUT2D eigenvalue weighted by Crippen LogP contribution is 2.29. The minimum absolute atomic E-state index is 0.0922. The van der Waals surface area contributed by atoms with E-state index in [9.17, 15) is 9.59 Å². The molecule has 0 aliphatic rings. The van der Waals surface area contributed by atoms with Crippen LogP contribution >= 0.6 is 11.6 Å². The van der Waals surface area contributed by atoms with Gasteiger partial charge in [-0.05, 0) is 30.7 Å². The summed E-state index contributed by atoms with van der Waals surface area (Å²) < 4.78 is 1.63. The van der Waals surface area contributed by atoms with Crippen LogP contribution in [0, 0.1) is 0 Å². The normalized spacial score (nSPS) is 11.2. The van der Waals surface area contributed by atoms with Crippen LogP contribution in [-0.2, 0) is 10.2 Å². The molecule has 0 unspecified atom stereocenters. The third-order valence-corrected chi connectivity index (χ3v) is 5.29. The quantitative estimate of drug-likeness (QED) is 0.467. The molecule has 0 saturated heterocycles. The van der Waals surface area contributed by atoms with Crippen molar-refractivity contribution in [3.8, 4) is 5.69 Å². The van der Waals surface area contributed by atoms with E-state index in [2.05, 4.69) is 31.4 Å². The molecule has 33 heavy (non-hydrogen) atoms. The summed E-state index contributed by atoms with van der Waals surface area (Å²) in [5.74, 6) is 0.179. The van der Waals surface area contributed by atoms with Gasteiger partial charge in [-0.1, -0.05) is 69.6 Å². The van der Waals surface area contributed by atoms with Crippen LogP contribution in [0.1, 0.15) is 39.8 Å². The van der Waals surface area contributed by atoms with E-state index < -0.39 is 0 Å². The number of benzene rings is 2. The number of halogens is 1. The number of carbonyl (C=O) groups is 2. The van der Waals surface area contributed by atoms with E-state index in [0.29, 0.717) is 28.8 Å². The van der Waals surface area contributed by atoms with Gasteiger partial charge in [0.1, 0.15) is 12.4 Å². The van der Waals surface area contributed by atoms with Gasteiger partial charge >= 0.3 is 6.03 Å². The number of urea groups is 1. The average molecular weight is 468 g/mol. The van der Waals surface area contributed by atoms with Crippen molar-refractivity contribution < 1.29 is 9.59 Å². The summed E-state index contributed by atoms with van der Waals surface area (Å²) in [6.45, 7) is 8.47. The Kier molecular flexibility index (Phi) is 7.76. The molecular weight excluding hydrogens is 438 g/mol. The molecule has 1 heterocycles. The summed E-state index contributed by atoms with van der Waals surface area (Å²) in [4.78, 5) is 27.2. The van der Waals surface area contributed by atoms with Gasteiger partial charge in [-0.15, -0.1) is 0 Å². The summed E-state index contributed by atoms with van der Waals surface area (Å²) in [6.07, 6.45) is 0.723. The molecule has 0 spiro atoms. The lowest BCUT2D eigenvalue weighted by Crippen LogP contribution is -2.41. The van der Waals surface area contributed by atoms with Gasteiger partial charge in [0.25, 0.3) is 0 Å². The molecule has 0 atom stereocenters. The number of rotatable bonds is 7. The third kappa shape index (κ3) is 6.35. The van der Waals surface area contributed by atoms with E-state index in [-0.39, 0.29) is 23.9 Å². The zero-order chi connectivity index (χ0) is 24.0. The predicted octanol–water partition coefficient (Wildman–Crippen LogP) is 5.71. The van der Waals surface area contributed by atoms with Crippen LogP contribution in [0.15, 0.2) is 60.7 Å². The Bertz CT molecular complexity index is 1110. The molecule has 3 amide bonds. The summed E-state index contributed by atoms with van der Waals surface area (Å²) in [7, 11) is 0. The van der Waals surface area contributed by atoms with Crippen molar-refractivity contribution in [2.45, 2.75) is 39.5 Å². The summed E-state index contributed by atoms with van der Waals surface area (Å²) in [5, 5.41) is 11.0. The number of hydrogen-bond acceptors (Lipinski definition) is 3. The molecule has 0 bridgehead atoms. The second-order valence-corrected chi connectivity index (χ2v) is 9.20. The number of nitrogens with zero attached hydrogens (tertiary/aromatic N) is 3. The number of anilines is 2. The van der Waals surface area contributed by atoms with Crippen LogP contribution in [0.3, 0.4) is 0 Å². The zero-order valence-electron chi connectivity index (χ0n) is 19.4. The van der Waals surface area contributed by atoms with E-state index in [1.165, 1.54) is 4.90 Å². The maximum absolute atomic E-state index is 13.0. The first kappa shape index (κ1) is 24.3. The average Bonchev–Trinajstić information content (AvgIpc) is 3.18. The van der Waals surface area contributed by atoms with Gasteiger partial charge in [0.15, 0.2) is 0 Å². The second-order valence-electron chi connectivity index (χ2n) is 8.79. The van der Waals surface area contributed by atoms with E-state index in [4.69, 9.17) is 16.7 Å². The minimum Gasteiger partial charge on any atom is -0.315 e. The Morgan fingerprint density at radius 2 is 1.70 bits per heavy atom. The zero-order valence-corrected chi connectivity index (χ0v) is 20.2. The number of aromatic nitrogens is 2. The highest BCUT2D eigenvalue weighted by atomic mass is 35.5. The molecule has 3 rings (SSSR count). The Morgan fingerprint density at radius 3 is 2.33 bits per heavy atom. The van der Waals surface area contributed by atoms with Crippen LogP contribution < -0.4 is 10.6 Å². The van der Waals surface area contributed by atoms with Crippen LogP contribution in [0.2, 0.25) is 5.02 Å². The van der Waals surface area contributed by atoms with Gasteiger partial charge < -0.3 is 15.5 Å². The van der Waals surface area contributed by atoms with Crippen LogP contribution in [-0.4, -0.2) is 39.7 Å². The van der Waals surface area contributed by atoms with Crippen molar-refractivity contribution in [1.82, 2.24) is 14.7 Å². The molecule has 0 saturated carbocycles. The number of para-hydroxylation sites is 2. The smallest absolute Gasteiger partial charge is 0.315 e. The van der Waals surface area contributed by atoms with Crippen LogP contribution in [0.25, 0.3) is 5.69 Å². The highest BCUT2D eigenvalue weighted by molar-refractivity contribution is 6.32. The largest absolute Gasteiger partial charge is 0.322 e. The van der Waals surface area contributed by atoms with Crippen molar-refractivity contribution in [2.75, 3.05) is 23.7 Å². The van der Waals surface area contributed by atoms with Gasteiger partial charge in [0.2, 0.25) is 5.91 Å². The first-order valence-corrected chi connectivity index (χ1v) is 11.3. The molecule has 0 radical (unpaired) electrons. The van der Waals surface area contributed by atoms with E-state index in [0.717, 1.165) is 12.1 Å². The Hall–Kier alpha value is -3.32. The maximum atomic E-state index is 13.0. The monoisotopic (exact) mass is 467 g/mol. The first-order chi connectivity index (χ1) is 15.7. The number of carbonyl (C=O) groups excluding carboxylic acids is 2. The first-order valence-electron chi connectivity index (χ1n) is 11.0. The molecule has 2 aromatic carbocycles. The van der Waals surface area contributed by atoms with Crippen molar-refractivity contribution >= 4 is 35.0 Å². The van der Waals surface area contributed by atoms with E-state index in [1.807, 2.05) is 49.4 Å². The van der Waals surface area contributed by atoms with E-state index >= 15 is 0 Å². The topological polar surface area (TPSA) is 79.3 Å². The lowest BCUT2D eigenvalue weighted by molar-refractivity contribution is -0.116. The fourth-order valence-electron chi connectivity index (χ4n) is 3.25. The molecule has 8 heteroatoms. The molecule has 7 nitrogen and oxygen atoms in total. The van der Waals surface area contributed by atoms with Crippen molar-refractivity contribution in [1.29, 1.82) is 0 Å². The number of hydrogen-bond donors (Lipinski definition) is 2. The molecule has 0 aliphatic carbocycles. The van der Waals surface area contributed by atoms with Crippen LogP contribution in [0.5, 0.6) is 0 Å². The molecule has 174 valence electrons. The van der Waals surface area contributed by atoms with Crippen molar-refractivity contribution in [3.05, 3.63) is 71.4 Å². The Morgan fingerprint density at radius 1 is 1.03 bits per heavy atom. The van der Waals surface area contributed by atoms with Gasteiger partial charge in [0, 0.05) is 23.7 Å². The Balaban J connectivity index is 1.81. The van der Waals surface area contributed by atoms with Gasteiger partial charge in [0.05, 0.1) is 16.4 Å². The van der Waals surface area contributed by atoms with Gasteiger partial charge in [-0.3, -0.25) is 4.79 Å². The molecule has 0 aliphatic heterocycles. The fraction of sp³-hybridized carbons (Fsp3) is 0.320. The molecule has 2 N–H and O–H groups in total. The van der Waals surface area contributed by atoms with Crippen molar-refractivity contribution in [3.63, 3.8) is 0 Å². The second kappa shape index (κ2) is 10.5. The number of nitrogens with one attached hydrogen (secondary N) is 2. The Labute approximate surface area is 199 Å². The lowest BCUT2D eigenvalue weighted by atomic mass is 9.92. The number of amides is 3. The van der Waals surface area contributed by atoms with E-state index in [1.54, 1.807) is 22.9 Å². The lowest BCUT2D eigenvalue weighted by Gasteiger charge is -2.22. The molecular formula is C25H30ClN5O2.